The zero-order valence-corrected chi connectivity index (χ0v) is 13.3. The van der Waals surface area contributed by atoms with Crippen molar-refractivity contribution < 1.29 is 44.3 Å². The Labute approximate surface area is 142 Å². The molecule has 1 fully saturated rings. The first-order chi connectivity index (χ1) is 12.0. The summed E-state index contributed by atoms with van der Waals surface area (Å²) in [6.45, 7) is -0.614. The van der Waals surface area contributed by atoms with E-state index in [0.717, 1.165) is 5.06 Å². The maximum absolute atomic E-state index is 12.4. The van der Waals surface area contributed by atoms with E-state index in [1.807, 2.05) is 0 Å². The molecule has 0 bridgehead atoms. The first kappa shape index (κ1) is 18.0. The van der Waals surface area contributed by atoms with E-state index in [1.165, 1.54) is 7.11 Å². The summed E-state index contributed by atoms with van der Waals surface area (Å²) in [7, 11) is 1.30. The molecule has 6 atom stereocenters. The van der Waals surface area contributed by atoms with Crippen molar-refractivity contribution in [2.24, 2.45) is 0 Å². The highest BCUT2D eigenvalue weighted by atomic mass is 16.8. The predicted molar refractivity (Wildman–Crippen MR) is 80.2 cm³/mol. The van der Waals surface area contributed by atoms with E-state index in [1.54, 1.807) is 24.3 Å². The van der Waals surface area contributed by atoms with Gasteiger partial charge in [-0.15, -0.1) is 0 Å². The Hall–Kier alpha value is -1.79. The third-order valence-electron chi connectivity index (χ3n) is 4.01. The second-order valence-electron chi connectivity index (χ2n) is 5.57. The summed E-state index contributed by atoms with van der Waals surface area (Å²) in [5.41, 5.74) is 0.378. The highest BCUT2D eigenvalue weighted by molar-refractivity contribution is 5.97. The summed E-state index contributed by atoms with van der Waals surface area (Å²) in [6.07, 6.45) is -8.99. The molecule has 1 aromatic carbocycles. The zero-order chi connectivity index (χ0) is 18.1. The first-order valence-electron chi connectivity index (χ1n) is 7.57. The minimum Gasteiger partial charge on any atom is -0.453 e. The highest BCUT2D eigenvalue weighted by Crippen LogP contribution is 2.35. The van der Waals surface area contributed by atoms with Gasteiger partial charge in [0.25, 0.3) is 6.29 Å². The van der Waals surface area contributed by atoms with Crippen molar-refractivity contribution >= 4 is 11.6 Å². The van der Waals surface area contributed by atoms with Crippen LogP contribution in [-0.4, -0.2) is 77.0 Å². The van der Waals surface area contributed by atoms with Gasteiger partial charge in [0.15, 0.2) is 6.29 Å². The van der Waals surface area contributed by atoms with E-state index < -0.39 is 49.5 Å². The quantitative estimate of drug-likeness (QED) is 0.487. The summed E-state index contributed by atoms with van der Waals surface area (Å²) in [6, 6.07) is 6.59. The number of aliphatic hydroxyl groups is 4. The van der Waals surface area contributed by atoms with Gasteiger partial charge in [0.05, 0.1) is 13.7 Å². The average Bonchev–Trinajstić information content (AvgIpc) is 2.62. The van der Waals surface area contributed by atoms with Gasteiger partial charge in [-0.1, -0.05) is 12.1 Å². The Morgan fingerprint density at radius 3 is 2.56 bits per heavy atom. The lowest BCUT2D eigenvalue weighted by molar-refractivity contribution is -0.323. The van der Waals surface area contributed by atoms with Crippen molar-refractivity contribution in [3.63, 3.8) is 0 Å². The molecule has 0 spiro atoms. The first-order valence-corrected chi connectivity index (χ1v) is 7.57. The van der Waals surface area contributed by atoms with Crippen LogP contribution < -0.4 is 9.80 Å². The van der Waals surface area contributed by atoms with Crippen LogP contribution in [0.15, 0.2) is 24.3 Å². The molecule has 1 saturated heterocycles. The monoisotopic (exact) mass is 357 g/mol. The molecule has 2 aliphatic rings. The number of para-hydroxylation sites is 2. The van der Waals surface area contributed by atoms with Gasteiger partial charge in [-0.2, -0.15) is 5.06 Å². The number of rotatable bonds is 4. The number of aliphatic hydroxyl groups excluding tert-OH is 4. The molecule has 4 N–H and O–H groups in total. The predicted octanol–water partition coefficient (Wildman–Crippen LogP) is -1.88. The van der Waals surface area contributed by atoms with Gasteiger partial charge in [-0.05, 0) is 12.1 Å². The fraction of sp³-hybridized carbons (Fsp3) is 0.533. The van der Waals surface area contributed by atoms with Gasteiger partial charge in [0, 0.05) is 0 Å². The van der Waals surface area contributed by atoms with Gasteiger partial charge in [-0.3, -0.25) is 9.63 Å². The minimum absolute atomic E-state index is 0.304. The van der Waals surface area contributed by atoms with Gasteiger partial charge >= 0.3 is 5.91 Å². The fourth-order valence-electron chi connectivity index (χ4n) is 2.68. The summed E-state index contributed by atoms with van der Waals surface area (Å²) >= 11 is 0. The molecule has 1 amide bonds. The minimum atomic E-state index is -1.65. The Bertz CT molecular complexity index is 625. The number of ether oxygens (including phenoxy) is 3. The topological polar surface area (TPSA) is 138 Å². The van der Waals surface area contributed by atoms with Crippen molar-refractivity contribution in [3.8, 4) is 5.75 Å². The SMILES string of the molecule is CON1C(=O)C(OC2O[C@H](CO)[C@@H](O)[C@H](O)[C@H]2O)Oc2ccccc21. The lowest BCUT2D eigenvalue weighted by Gasteiger charge is -2.41. The molecule has 2 unspecified atom stereocenters. The summed E-state index contributed by atoms with van der Waals surface area (Å²) in [5, 5.41) is 39.7. The van der Waals surface area contributed by atoms with Crippen molar-refractivity contribution in [2.75, 3.05) is 18.8 Å². The van der Waals surface area contributed by atoms with Crippen LogP contribution in [0.2, 0.25) is 0 Å². The number of benzene rings is 1. The maximum atomic E-state index is 12.4. The van der Waals surface area contributed by atoms with Crippen molar-refractivity contribution in [1.82, 2.24) is 0 Å². The van der Waals surface area contributed by atoms with Gasteiger partial charge < -0.3 is 34.6 Å². The molecule has 138 valence electrons. The van der Waals surface area contributed by atoms with E-state index in [0.29, 0.717) is 11.4 Å². The third-order valence-corrected chi connectivity index (χ3v) is 4.01. The number of anilines is 1. The molecule has 2 heterocycles. The highest BCUT2D eigenvalue weighted by Gasteiger charge is 2.47. The number of carbonyl (C=O) groups is 1. The van der Waals surface area contributed by atoms with Crippen LogP contribution in [0.4, 0.5) is 5.69 Å². The zero-order valence-electron chi connectivity index (χ0n) is 13.3. The molecular formula is C15H19NO9. The van der Waals surface area contributed by atoms with Crippen LogP contribution in [0.3, 0.4) is 0 Å². The molecule has 25 heavy (non-hydrogen) atoms. The van der Waals surface area contributed by atoms with Crippen molar-refractivity contribution in [2.45, 2.75) is 37.0 Å². The number of amides is 1. The van der Waals surface area contributed by atoms with Crippen LogP contribution in [-0.2, 0) is 19.1 Å². The van der Waals surface area contributed by atoms with Crippen LogP contribution >= 0.6 is 0 Å². The van der Waals surface area contributed by atoms with Crippen LogP contribution in [0, 0.1) is 0 Å². The van der Waals surface area contributed by atoms with Gasteiger partial charge in [0.2, 0.25) is 0 Å². The lowest BCUT2D eigenvalue weighted by atomic mass is 9.99. The molecule has 0 aromatic heterocycles. The Morgan fingerprint density at radius 1 is 1.16 bits per heavy atom. The number of carbonyl (C=O) groups excluding carboxylic acids is 1. The summed E-state index contributed by atoms with van der Waals surface area (Å²) in [4.78, 5) is 17.5. The smallest absolute Gasteiger partial charge is 0.320 e. The van der Waals surface area contributed by atoms with E-state index in [9.17, 15) is 25.2 Å². The molecule has 0 saturated carbocycles. The van der Waals surface area contributed by atoms with Crippen molar-refractivity contribution in [1.29, 1.82) is 0 Å². The van der Waals surface area contributed by atoms with Gasteiger partial charge in [-0.25, -0.2) is 0 Å². The van der Waals surface area contributed by atoms with Crippen LogP contribution in [0.1, 0.15) is 0 Å². The third kappa shape index (κ3) is 3.20. The molecule has 2 aliphatic heterocycles. The normalized spacial score (nSPS) is 35.2. The Kier molecular flexibility index (Phi) is 5.20. The molecule has 0 radical (unpaired) electrons. The average molecular weight is 357 g/mol. The fourth-order valence-corrected chi connectivity index (χ4v) is 2.68. The lowest BCUT2D eigenvalue weighted by Crippen LogP contribution is -2.61. The van der Waals surface area contributed by atoms with E-state index in [4.69, 9.17) is 19.0 Å². The molecule has 1 aromatic rings. The molecule has 3 rings (SSSR count). The van der Waals surface area contributed by atoms with E-state index >= 15 is 0 Å². The van der Waals surface area contributed by atoms with E-state index in [2.05, 4.69) is 0 Å². The largest absolute Gasteiger partial charge is 0.453 e. The number of hydroxylamine groups is 1. The number of nitrogens with zero attached hydrogens (tertiary/aromatic N) is 1. The molecular weight excluding hydrogens is 338 g/mol. The van der Waals surface area contributed by atoms with Crippen molar-refractivity contribution in [3.05, 3.63) is 24.3 Å². The molecule has 0 aliphatic carbocycles. The maximum Gasteiger partial charge on any atom is 0.320 e. The van der Waals surface area contributed by atoms with E-state index in [-0.39, 0.29) is 0 Å². The Morgan fingerprint density at radius 2 is 1.88 bits per heavy atom. The number of hydrogen-bond donors (Lipinski definition) is 4. The van der Waals surface area contributed by atoms with Crippen LogP contribution in [0.25, 0.3) is 0 Å². The number of hydrogen-bond acceptors (Lipinski definition) is 9. The second-order valence-corrected chi connectivity index (χ2v) is 5.57. The molecule has 10 heteroatoms. The summed E-state index contributed by atoms with van der Waals surface area (Å²) < 4.78 is 16.0. The second kappa shape index (κ2) is 7.22. The van der Waals surface area contributed by atoms with Gasteiger partial charge in [0.1, 0.15) is 35.9 Å². The Balaban J connectivity index is 1.79. The standard InChI is InChI=1S/C15H19NO9/c1-22-16-7-4-2-3-5-8(7)23-15(13(16)21)25-14-12(20)11(19)10(18)9(6-17)24-14/h2-5,9-12,14-15,17-20H,6H2,1H3/t9-,10-,11+,12-,14?,15?/m1/s1. The van der Waals surface area contributed by atoms with Crippen LogP contribution in [0.5, 0.6) is 5.75 Å². The molecule has 10 nitrogen and oxygen atoms in total. The summed E-state index contributed by atoms with van der Waals surface area (Å²) in [5.74, 6) is -0.406. The number of fused-ring (bicyclic) bond motifs is 1.